The lowest BCUT2D eigenvalue weighted by molar-refractivity contribution is 0.622. The third-order valence-electron chi connectivity index (χ3n) is 2.53. The zero-order valence-corrected chi connectivity index (χ0v) is 8.94. The highest BCUT2D eigenvalue weighted by Gasteiger charge is 2.11. The predicted octanol–water partition coefficient (Wildman–Crippen LogP) is 1.49. The van der Waals surface area contributed by atoms with Crippen molar-refractivity contribution >= 4 is 0 Å². The largest absolute Gasteiger partial charge is 0.321 e. The highest BCUT2D eigenvalue weighted by atomic mass is 19.1. The van der Waals surface area contributed by atoms with Gasteiger partial charge in [-0.15, -0.1) is 0 Å². The summed E-state index contributed by atoms with van der Waals surface area (Å²) in [7, 11) is 0. The number of hydrogen-bond donors (Lipinski definition) is 2. The highest BCUT2D eigenvalue weighted by Crippen LogP contribution is 2.16. The van der Waals surface area contributed by atoms with Gasteiger partial charge in [-0.3, -0.25) is 5.10 Å². The number of halogens is 1. The van der Waals surface area contributed by atoms with Gasteiger partial charge in [-0.05, 0) is 36.6 Å². The summed E-state index contributed by atoms with van der Waals surface area (Å²) in [6, 6.07) is 4.45. The Morgan fingerprint density at radius 2 is 2.31 bits per heavy atom. The van der Waals surface area contributed by atoms with E-state index in [1.54, 1.807) is 6.07 Å². The molecule has 0 saturated heterocycles. The van der Waals surface area contributed by atoms with Crippen molar-refractivity contribution in [1.82, 2.24) is 15.2 Å². The fourth-order valence-electron chi connectivity index (χ4n) is 1.62. The van der Waals surface area contributed by atoms with E-state index in [1.807, 2.05) is 6.92 Å². The highest BCUT2D eigenvalue weighted by molar-refractivity contribution is 5.27. The first-order valence-electron chi connectivity index (χ1n) is 5.02. The maximum atomic E-state index is 12.9. The van der Waals surface area contributed by atoms with Crippen LogP contribution in [-0.4, -0.2) is 15.2 Å². The molecule has 3 N–H and O–H groups in total. The fraction of sp³-hybridized carbons (Fsp3) is 0.273. The van der Waals surface area contributed by atoms with E-state index in [9.17, 15) is 4.39 Å². The molecule has 4 nitrogen and oxygen atoms in total. The van der Waals surface area contributed by atoms with Crippen LogP contribution in [0.3, 0.4) is 0 Å². The molecule has 2 rings (SSSR count). The second-order valence-corrected chi connectivity index (χ2v) is 3.75. The van der Waals surface area contributed by atoms with Crippen LogP contribution >= 0.6 is 0 Å². The van der Waals surface area contributed by atoms with Crippen LogP contribution in [0.5, 0.6) is 0 Å². The lowest BCUT2D eigenvalue weighted by atomic mass is 10.0. The minimum Gasteiger partial charge on any atom is -0.321 e. The van der Waals surface area contributed by atoms with Gasteiger partial charge in [-0.2, -0.15) is 5.10 Å². The summed E-state index contributed by atoms with van der Waals surface area (Å²) in [6.07, 6.45) is 2.04. The predicted molar refractivity (Wildman–Crippen MR) is 58.2 cm³/mol. The van der Waals surface area contributed by atoms with Gasteiger partial charge in [0.15, 0.2) is 0 Å². The van der Waals surface area contributed by atoms with Gasteiger partial charge in [0, 0.05) is 0 Å². The monoisotopic (exact) mass is 220 g/mol. The zero-order valence-electron chi connectivity index (χ0n) is 8.94. The summed E-state index contributed by atoms with van der Waals surface area (Å²) in [4.78, 5) is 3.99. The molecule has 0 saturated carbocycles. The Kier molecular flexibility index (Phi) is 2.96. The third-order valence-corrected chi connectivity index (χ3v) is 2.53. The molecule has 2 aromatic rings. The average Bonchev–Trinajstić information content (AvgIpc) is 2.75. The molecule has 0 fully saturated rings. The molecule has 1 aromatic carbocycles. The molecule has 0 aliphatic carbocycles. The van der Waals surface area contributed by atoms with E-state index in [4.69, 9.17) is 5.73 Å². The number of aryl methyl sites for hydroxylation is 1. The summed E-state index contributed by atoms with van der Waals surface area (Å²) in [5.41, 5.74) is 7.87. The number of hydrogen-bond acceptors (Lipinski definition) is 3. The summed E-state index contributed by atoms with van der Waals surface area (Å²) < 4.78 is 12.9. The van der Waals surface area contributed by atoms with Crippen LogP contribution in [0.1, 0.15) is 23.0 Å². The average molecular weight is 220 g/mol. The molecular formula is C11H13FN4. The van der Waals surface area contributed by atoms with Crippen LogP contribution in [0.4, 0.5) is 4.39 Å². The second kappa shape index (κ2) is 4.40. The van der Waals surface area contributed by atoms with Crippen LogP contribution in [0.25, 0.3) is 0 Å². The summed E-state index contributed by atoms with van der Waals surface area (Å²) in [5, 5.41) is 6.47. The van der Waals surface area contributed by atoms with E-state index in [0.29, 0.717) is 12.2 Å². The van der Waals surface area contributed by atoms with Crippen LogP contribution in [0, 0.1) is 12.7 Å². The Hall–Kier alpha value is -1.75. The van der Waals surface area contributed by atoms with Gasteiger partial charge in [0.1, 0.15) is 18.0 Å². The molecular weight excluding hydrogens is 207 g/mol. The van der Waals surface area contributed by atoms with Crippen molar-refractivity contribution in [1.29, 1.82) is 0 Å². The van der Waals surface area contributed by atoms with Gasteiger partial charge in [-0.1, -0.05) is 6.07 Å². The quantitative estimate of drug-likeness (QED) is 0.823. The topological polar surface area (TPSA) is 67.6 Å². The summed E-state index contributed by atoms with van der Waals surface area (Å²) in [5.74, 6) is 0.415. The molecule has 84 valence electrons. The molecule has 1 atom stereocenters. The Morgan fingerprint density at radius 1 is 1.50 bits per heavy atom. The molecule has 1 aromatic heterocycles. The van der Waals surface area contributed by atoms with Crippen molar-refractivity contribution in [3.05, 3.63) is 47.3 Å². The molecule has 0 aliphatic rings. The van der Waals surface area contributed by atoms with Gasteiger partial charge in [0.2, 0.25) is 0 Å². The Bertz CT molecular complexity index is 467. The number of nitrogens with zero attached hydrogens (tertiary/aromatic N) is 2. The first-order valence-corrected chi connectivity index (χ1v) is 5.02. The number of nitrogens with one attached hydrogen (secondary N) is 1. The van der Waals surface area contributed by atoms with Gasteiger partial charge in [-0.25, -0.2) is 9.37 Å². The minimum atomic E-state index is -0.244. The van der Waals surface area contributed by atoms with E-state index < -0.39 is 0 Å². The van der Waals surface area contributed by atoms with Crippen molar-refractivity contribution in [3.8, 4) is 0 Å². The third kappa shape index (κ3) is 2.25. The van der Waals surface area contributed by atoms with E-state index in [0.717, 1.165) is 11.1 Å². The number of H-pyrrole nitrogens is 1. The molecule has 0 bridgehead atoms. The molecule has 1 unspecified atom stereocenters. The lowest BCUT2D eigenvalue weighted by Gasteiger charge is -2.10. The van der Waals surface area contributed by atoms with Crippen molar-refractivity contribution in [2.45, 2.75) is 19.4 Å². The molecule has 0 radical (unpaired) electrons. The minimum absolute atomic E-state index is 0.227. The summed E-state index contributed by atoms with van der Waals surface area (Å²) in [6.45, 7) is 1.87. The van der Waals surface area contributed by atoms with Crippen LogP contribution < -0.4 is 5.73 Å². The number of rotatable bonds is 3. The summed E-state index contributed by atoms with van der Waals surface area (Å²) >= 11 is 0. The van der Waals surface area contributed by atoms with Gasteiger partial charge >= 0.3 is 0 Å². The number of benzene rings is 1. The Labute approximate surface area is 92.7 Å². The lowest BCUT2D eigenvalue weighted by Crippen LogP contribution is -2.15. The number of nitrogens with two attached hydrogens (primary N) is 1. The molecule has 5 heteroatoms. The number of aromatic amines is 1. The van der Waals surface area contributed by atoms with Crippen LogP contribution in [-0.2, 0) is 6.42 Å². The fourth-order valence-corrected chi connectivity index (χ4v) is 1.62. The molecule has 0 spiro atoms. The molecule has 1 heterocycles. The van der Waals surface area contributed by atoms with Crippen molar-refractivity contribution < 1.29 is 4.39 Å². The molecule has 0 amide bonds. The van der Waals surface area contributed by atoms with E-state index in [2.05, 4.69) is 15.2 Å². The van der Waals surface area contributed by atoms with Gasteiger partial charge < -0.3 is 5.73 Å². The second-order valence-electron chi connectivity index (χ2n) is 3.75. The van der Waals surface area contributed by atoms with Crippen LogP contribution in [0.15, 0.2) is 24.5 Å². The zero-order chi connectivity index (χ0) is 11.5. The van der Waals surface area contributed by atoms with Crippen molar-refractivity contribution in [3.63, 3.8) is 0 Å². The van der Waals surface area contributed by atoms with E-state index >= 15 is 0 Å². The normalized spacial score (nSPS) is 12.7. The van der Waals surface area contributed by atoms with Gasteiger partial charge in [0.05, 0.1) is 6.04 Å². The van der Waals surface area contributed by atoms with Crippen LogP contribution in [0.2, 0.25) is 0 Å². The SMILES string of the molecule is Cc1cc(F)ccc1CC(N)c1ncn[nH]1. The Balaban J connectivity index is 2.15. The first kappa shape index (κ1) is 10.8. The maximum absolute atomic E-state index is 12.9. The van der Waals surface area contributed by atoms with E-state index in [-0.39, 0.29) is 11.9 Å². The smallest absolute Gasteiger partial charge is 0.141 e. The standard InChI is InChI=1S/C11H13FN4/c1-7-4-9(12)3-2-8(7)5-10(13)11-14-6-15-16-11/h2-4,6,10H,5,13H2,1H3,(H,14,15,16). The van der Waals surface area contributed by atoms with E-state index in [1.165, 1.54) is 18.5 Å². The molecule has 0 aliphatic heterocycles. The van der Waals surface area contributed by atoms with Crippen molar-refractivity contribution in [2.75, 3.05) is 0 Å². The Morgan fingerprint density at radius 3 is 2.94 bits per heavy atom. The first-order chi connectivity index (χ1) is 7.66. The van der Waals surface area contributed by atoms with Crippen molar-refractivity contribution in [2.24, 2.45) is 5.73 Å². The maximum Gasteiger partial charge on any atom is 0.141 e. The van der Waals surface area contributed by atoms with Gasteiger partial charge in [0.25, 0.3) is 0 Å². The molecule has 16 heavy (non-hydrogen) atoms. The number of aromatic nitrogens is 3.